The van der Waals surface area contributed by atoms with E-state index in [1.807, 2.05) is 18.7 Å². The van der Waals surface area contributed by atoms with Gasteiger partial charge in [-0.2, -0.15) is 0 Å². The molecule has 0 atom stereocenters. The Morgan fingerprint density at radius 2 is 1.47 bits per heavy atom. The average molecular weight is 277 g/mol. The number of aliphatic carboxylic acids is 1. The van der Waals surface area contributed by atoms with Crippen LogP contribution >= 0.6 is 0 Å². The molecule has 0 aromatic heterocycles. The monoisotopic (exact) mass is 277 g/mol. The molecule has 0 aromatic rings. The quantitative estimate of drug-likeness (QED) is 0.533. The lowest BCUT2D eigenvalue weighted by atomic mass is 10.1. The minimum atomic E-state index is -0.751. The van der Waals surface area contributed by atoms with E-state index in [2.05, 4.69) is 6.92 Å². The van der Waals surface area contributed by atoms with Crippen molar-refractivity contribution >= 4 is 5.97 Å². The molecule has 0 saturated heterocycles. The summed E-state index contributed by atoms with van der Waals surface area (Å²) >= 11 is 0. The van der Waals surface area contributed by atoms with Crippen molar-refractivity contribution in [2.24, 2.45) is 5.73 Å². The molecule has 0 rings (SSSR count). The van der Waals surface area contributed by atoms with Crippen LogP contribution in [0, 0.1) is 0 Å². The van der Waals surface area contributed by atoms with E-state index >= 15 is 0 Å². The van der Waals surface area contributed by atoms with Crippen LogP contribution < -0.4 is 11.9 Å². The van der Waals surface area contributed by atoms with Crippen molar-refractivity contribution in [1.82, 2.24) is 11.1 Å². The molecule has 0 spiro atoms. The van der Waals surface area contributed by atoms with Gasteiger partial charge in [-0.1, -0.05) is 52.9 Å². The van der Waals surface area contributed by atoms with Crippen LogP contribution in [-0.2, 0) is 4.79 Å². The van der Waals surface area contributed by atoms with Crippen molar-refractivity contribution in [2.75, 3.05) is 26.2 Å². The maximum Gasteiger partial charge on any atom is 0.317 e. The number of carboxylic acid groups (broad SMARTS) is 1. The molecule has 118 valence electrons. The topological polar surface area (TPSA) is 102 Å². The fraction of sp³-hybridized carbons (Fsp3) is 0.929. The first-order valence-electron chi connectivity index (χ1n) is 7.26. The number of nitrogens with two attached hydrogens (primary N) is 1. The van der Waals surface area contributed by atoms with Gasteiger partial charge in [-0.15, -0.1) is 0 Å². The van der Waals surface area contributed by atoms with E-state index in [1.165, 1.54) is 38.5 Å². The van der Waals surface area contributed by atoms with E-state index in [4.69, 9.17) is 10.8 Å². The number of rotatable bonds is 10. The summed E-state index contributed by atoms with van der Waals surface area (Å²) in [5.41, 5.74) is 5.34. The van der Waals surface area contributed by atoms with Crippen LogP contribution in [0.25, 0.3) is 0 Å². The highest BCUT2D eigenvalue weighted by atomic mass is 16.4. The molecule has 0 aromatic carbocycles. The van der Waals surface area contributed by atoms with Gasteiger partial charge in [0.25, 0.3) is 0 Å². The van der Waals surface area contributed by atoms with Crippen LogP contribution in [-0.4, -0.2) is 42.2 Å². The van der Waals surface area contributed by atoms with Crippen LogP contribution in [0.4, 0.5) is 0 Å². The van der Waals surface area contributed by atoms with Gasteiger partial charge >= 0.3 is 5.97 Å². The van der Waals surface area contributed by atoms with Crippen molar-refractivity contribution < 1.29 is 9.90 Å². The molecule has 19 heavy (non-hydrogen) atoms. The van der Waals surface area contributed by atoms with Gasteiger partial charge in [-0.25, -0.2) is 0 Å². The van der Waals surface area contributed by atoms with Gasteiger partial charge in [0.1, 0.15) is 0 Å². The highest BCUT2D eigenvalue weighted by molar-refractivity contribution is 5.69. The first kappa shape index (κ1) is 23.4. The molecule has 0 fully saturated rings. The Labute approximate surface area is 119 Å². The van der Waals surface area contributed by atoms with E-state index in [0.717, 1.165) is 19.6 Å². The highest BCUT2D eigenvalue weighted by Crippen LogP contribution is 2.03. The summed E-state index contributed by atoms with van der Waals surface area (Å²) in [5, 5.41) is 8.30. The number of carbonyl (C=O) groups is 1. The van der Waals surface area contributed by atoms with Gasteiger partial charge in [0.15, 0.2) is 0 Å². The average Bonchev–Trinajstić information content (AvgIpc) is 2.36. The summed E-state index contributed by atoms with van der Waals surface area (Å²) in [6.07, 6.45) is 8.05. The minimum absolute atomic E-state index is 0. The zero-order valence-electron chi connectivity index (χ0n) is 13.2. The lowest BCUT2D eigenvalue weighted by Crippen LogP contribution is -2.29. The van der Waals surface area contributed by atoms with Crippen LogP contribution in [0.2, 0.25) is 0 Å². The summed E-state index contributed by atoms with van der Waals surface area (Å²) in [6, 6.07) is 0. The van der Waals surface area contributed by atoms with E-state index in [0.29, 0.717) is 0 Å². The smallest absolute Gasteiger partial charge is 0.317 e. The van der Waals surface area contributed by atoms with Crippen LogP contribution in [0.3, 0.4) is 0 Å². The number of likely N-dealkylation sites (N-methyl/N-ethyl adjacent to an activating group) is 1. The fourth-order valence-electron chi connectivity index (χ4n) is 1.56. The molecule has 0 unspecified atom stereocenters. The van der Waals surface area contributed by atoms with Gasteiger partial charge in [0.2, 0.25) is 0 Å². The molecular weight excluding hydrogens is 242 g/mol. The van der Waals surface area contributed by atoms with Crippen molar-refractivity contribution in [1.29, 1.82) is 0 Å². The second-order valence-electron chi connectivity index (χ2n) is 4.41. The highest BCUT2D eigenvalue weighted by Gasteiger charge is 2.02. The standard InChI is InChI=1S/C8H19N.C6H13NO2.H3N/c1-2-3-4-5-6-7-8-9;1-3-7(4-2)5-6(8)9;/h2-9H2,1H3;3-5H2,1-2H3,(H,8,9);1H3. The fourth-order valence-corrected chi connectivity index (χ4v) is 1.56. The van der Waals surface area contributed by atoms with Crippen LogP contribution in [0.15, 0.2) is 0 Å². The van der Waals surface area contributed by atoms with E-state index in [1.54, 1.807) is 0 Å². The second-order valence-corrected chi connectivity index (χ2v) is 4.41. The first-order valence-corrected chi connectivity index (χ1v) is 7.26. The van der Waals surface area contributed by atoms with Crippen LogP contribution in [0.5, 0.6) is 0 Å². The molecule has 6 N–H and O–H groups in total. The van der Waals surface area contributed by atoms with E-state index in [9.17, 15) is 4.79 Å². The van der Waals surface area contributed by atoms with Crippen molar-refractivity contribution in [3.8, 4) is 0 Å². The molecule has 0 aliphatic rings. The van der Waals surface area contributed by atoms with Gasteiger partial charge in [0.05, 0.1) is 6.54 Å². The largest absolute Gasteiger partial charge is 0.480 e. The van der Waals surface area contributed by atoms with E-state index < -0.39 is 5.97 Å². The Hall–Kier alpha value is -0.650. The van der Waals surface area contributed by atoms with Gasteiger partial charge in [-0.05, 0) is 26.1 Å². The maximum atomic E-state index is 10.1. The SMILES string of the molecule is CCCCCCCCN.CCN(CC)CC(=O)O.N. The van der Waals surface area contributed by atoms with E-state index in [-0.39, 0.29) is 12.7 Å². The molecule has 0 radical (unpaired) electrons. The molecule has 0 saturated carbocycles. The van der Waals surface area contributed by atoms with Crippen molar-refractivity contribution in [3.05, 3.63) is 0 Å². The summed E-state index contributed by atoms with van der Waals surface area (Å²) in [7, 11) is 0. The molecule has 5 nitrogen and oxygen atoms in total. The second kappa shape index (κ2) is 19.7. The predicted molar refractivity (Wildman–Crippen MR) is 82.9 cm³/mol. The van der Waals surface area contributed by atoms with Gasteiger partial charge in [0, 0.05) is 0 Å². The van der Waals surface area contributed by atoms with Crippen molar-refractivity contribution in [2.45, 2.75) is 59.3 Å². The zero-order valence-corrected chi connectivity index (χ0v) is 13.2. The van der Waals surface area contributed by atoms with Crippen LogP contribution in [0.1, 0.15) is 59.3 Å². The zero-order chi connectivity index (χ0) is 14.2. The van der Waals surface area contributed by atoms with Gasteiger partial charge in [-0.3, -0.25) is 9.69 Å². The molecule has 0 bridgehead atoms. The predicted octanol–water partition coefficient (Wildman–Crippen LogP) is 2.88. The summed E-state index contributed by atoms with van der Waals surface area (Å²) in [4.78, 5) is 11.9. The molecule has 5 heteroatoms. The third kappa shape index (κ3) is 22.9. The minimum Gasteiger partial charge on any atom is -0.480 e. The number of unbranched alkanes of at least 4 members (excludes halogenated alkanes) is 5. The Kier molecular flexibility index (Phi) is 24.3. The Bertz CT molecular complexity index is 168. The number of carboxylic acids is 1. The molecule has 0 aliphatic carbocycles. The Morgan fingerprint density at radius 1 is 1.00 bits per heavy atom. The maximum absolute atomic E-state index is 10.1. The lowest BCUT2D eigenvalue weighted by Gasteiger charge is -2.13. The first-order chi connectivity index (χ1) is 8.62. The summed E-state index contributed by atoms with van der Waals surface area (Å²) in [6.45, 7) is 8.78. The van der Waals surface area contributed by atoms with Gasteiger partial charge < -0.3 is 17.0 Å². The summed E-state index contributed by atoms with van der Waals surface area (Å²) in [5.74, 6) is -0.751. The third-order valence-electron chi connectivity index (χ3n) is 2.81. The third-order valence-corrected chi connectivity index (χ3v) is 2.81. The molecule has 0 aliphatic heterocycles. The normalized spacial score (nSPS) is 9.53. The Morgan fingerprint density at radius 3 is 1.79 bits per heavy atom. The van der Waals surface area contributed by atoms with Crippen molar-refractivity contribution in [3.63, 3.8) is 0 Å². The molecule has 0 heterocycles. The summed E-state index contributed by atoms with van der Waals surface area (Å²) < 4.78 is 0. The molecule has 0 amide bonds. The number of hydrogen-bond acceptors (Lipinski definition) is 4. The lowest BCUT2D eigenvalue weighted by molar-refractivity contribution is -0.138. The number of hydrogen-bond donors (Lipinski definition) is 3. The molecular formula is C14H35N3O2. The number of nitrogens with zero attached hydrogens (tertiary/aromatic N) is 1. The Balaban J connectivity index is -0.000000256.